The molecule has 1 aromatic heterocycles. The van der Waals surface area contributed by atoms with Gasteiger partial charge in [-0.15, -0.1) is 0 Å². The highest BCUT2D eigenvalue weighted by atomic mass is 19.1. The number of anilines is 1. The van der Waals surface area contributed by atoms with Gasteiger partial charge in [0.15, 0.2) is 0 Å². The fourth-order valence-electron chi connectivity index (χ4n) is 2.02. The van der Waals surface area contributed by atoms with E-state index >= 15 is 0 Å². The topological polar surface area (TPSA) is 65.1 Å². The van der Waals surface area contributed by atoms with E-state index in [-0.39, 0.29) is 17.9 Å². The van der Waals surface area contributed by atoms with Crippen LogP contribution in [0.5, 0.6) is 5.75 Å². The van der Waals surface area contributed by atoms with Gasteiger partial charge in [0.2, 0.25) is 0 Å². The molecular weight excluding hydrogens is 271 g/mol. The molecule has 3 N–H and O–H groups in total. The first kappa shape index (κ1) is 15.3. The second kappa shape index (κ2) is 6.58. The van der Waals surface area contributed by atoms with Crippen LogP contribution in [0.4, 0.5) is 10.1 Å². The average molecular weight is 292 g/mol. The Balaban J connectivity index is 2.22. The normalized spacial score (nSPS) is 12.5. The monoisotopic (exact) mass is 292 g/mol. The van der Waals surface area contributed by atoms with E-state index in [0.717, 1.165) is 5.56 Å². The predicted molar refractivity (Wildman–Crippen MR) is 81.0 cm³/mol. The van der Waals surface area contributed by atoms with Gasteiger partial charge in [-0.3, -0.25) is 4.68 Å². The van der Waals surface area contributed by atoms with Crippen LogP contribution in [-0.4, -0.2) is 23.4 Å². The maximum atomic E-state index is 13.9. The molecule has 6 heteroatoms. The molecule has 2 aromatic rings. The summed E-state index contributed by atoms with van der Waals surface area (Å²) in [6.07, 6.45) is 3.68. The van der Waals surface area contributed by atoms with Gasteiger partial charge in [0, 0.05) is 30.4 Å². The third-order valence-electron chi connectivity index (χ3n) is 3.29. The third kappa shape index (κ3) is 3.52. The van der Waals surface area contributed by atoms with Crippen LogP contribution < -0.4 is 15.8 Å². The lowest BCUT2D eigenvalue weighted by atomic mass is 10.1. The summed E-state index contributed by atoms with van der Waals surface area (Å²) < 4.78 is 20.8. The molecule has 5 nitrogen and oxygen atoms in total. The standard InChI is InChI=1S/C15H21FN4O/c1-10(2)20-9-11(8-18-20)15(7-17)19-14-6-12(21-3)4-5-13(14)16/h4-6,8-10,15,19H,7,17H2,1-3H3. The van der Waals surface area contributed by atoms with Crippen molar-refractivity contribution in [3.05, 3.63) is 42.0 Å². The van der Waals surface area contributed by atoms with Crippen molar-refractivity contribution in [3.63, 3.8) is 0 Å². The maximum Gasteiger partial charge on any atom is 0.146 e. The lowest BCUT2D eigenvalue weighted by Gasteiger charge is -2.18. The van der Waals surface area contributed by atoms with E-state index in [2.05, 4.69) is 10.4 Å². The highest BCUT2D eigenvalue weighted by Crippen LogP contribution is 2.25. The van der Waals surface area contributed by atoms with Crippen LogP contribution in [0.25, 0.3) is 0 Å². The number of halogens is 1. The van der Waals surface area contributed by atoms with E-state index in [1.54, 1.807) is 25.4 Å². The molecule has 0 saturated heterocycles. The average Bonchev–Trinajstić information content (AvgIpc) is 2.96. The Kier molecular flexibility index (Phi) is 4.80. The molecule has 1 heterocycles. The van der Waals surface area contributed by atoms with Gasteiger partial charge >= 0.3 is 0 Å². The van der Waals surface area contributed by atoms with E-state index < -0.39 is 0 Å². The van der Waals surface area contributed by atoms with Crippen molar-refractivity contribution in [2.75, 3.05) is 19.0 Å². The van der Waals surface area contributed by atoms with Crippen LogP contribution in [0, 0.1) is 5.82 Å². The van der Waals surface area contributed by atoms with Crippen LogP contribution in [0.15, 0.2) is 30.6 Å². The Labute approximate surface area is 123 Å². The first-order valence-corrected chi connectivity index (χ1v) is 6.89. The van der Waals surface area contributed by atoms with Crippen LogP contribution >= 0.6 is 0 Å². The second-order valence-corrected chi connectivity index (χ2v) is 5.13. The summed E-state index contributed by atoms with van der Waals surface area (Å²) in [5, 5.41) is 7.39. The maximum absolute atomic E-state index is 13.9. The number of aromatic nitrogens is 2. The molecule has 0 spiro atoms. The summed E-state index contributed by atoms with van der Waals surface area (Å²) in [6.45, 7) is 4.42. The molecule has 1 unspecified atom stereocenters. The van der Waals surface area contributed by atoms with Gasteiger partial charge in [-0.25, -0.2) is 4.39 Å². The van der Waals surface area contributed by atoms with Crippen molar-refractivity contribution >= 4 is 5.69 Å². The molecular formula is C15H21FN4O. The second-order valence-electron chi connectivity index (χ2n) is 5.13. The van der Waals surface area contributed by atoms with Crippen molar-refractivity contribution in [1.29, 1.82) is 0 Å². The van der Waals surface area contributed by atoms with Crippen molar-refractivity contribution in [2.24, 2.45) is 5.73 Å². The minimum absolute atomic E-state index is 0.209. The highest BCUT2D eigenvalue weighted by Gasteiger charge is 2.15. The van der Waals surface area contributed by atoms with Crippen LogP contribution in [-0.2, 0) is 0 Å². The van der Waals surface area contributed by atoms with Crippen LogP contribution in [0.2, 0.25) is 0 Å². The zero-order chi connectivity index (χ0) is 15.4. The van der Waals surface area contributed by atoms with Crippen molar-refractivity contribution in [3.8, 4) is 5.75 Å². The minimum Gasteiger partial charge on any atom is -0.497 e. The van der Waals surface area contributed by atoms with E-state index in [9.17, 15) is 4.39 Å². The number of ether oxygens (including phenoxy) is 1. The van der Waals surface area contributed by atoms with Crippen molar-refractivity contribution in [2.45, 2.75) is 25.9 Å². The molecule has 2 rings (SSSR count). The minimum atomic E-state index is -0.342. The largest absolute Gasteiger partial charge is 0.497 e. The fourth-order valence-corrected chi connectivity index (χ4v) is 2.02. The molecule has 21 heavy (non-hydrogen) atoms. The van der Waals surface area contributed by atoms with Gasteiger partial charge in [-0.1, -0.05) is 0 Å². The molecule has 1 atom stereocenters. The summed E-state index contributed by atoms with van der Waals surface area (Å²) in [4.78, 5) is 0. The number of hydrogen-bond acceptors (Lipinski definition) is 4. The van der Waals surface area contributed by atoms with E-state index in [1.807, 2.05) is 24.7 Å². The van der Waals surface area contributed by atoms with Crippen LogP contribution in [0.3, 0.4) is 0 Å². The molecule has 114 valence electrons. The van der Waals surface area contributed by atoms with E-state index in [1.165, 1.54) is 6.07 Å². The summed E-state index contributed by atoms with van der Waals surface area (Å²) >= 11 is 0. The molecule has 0 aliphatic rings. The number of nitrogens with two attached hydrogens (primary N) is 1. The van der Waals surface area contributed by atoms with Gasteiger partial charge in [-0.05, 0) is 26.0 Å². The SMILES string of the molecule is COc1ccc(F)c(NC(CN)c2cnn(C(C)C)c2)c1. The van der Waals surface area contributed by atoms with Gasteiger partial charge in [0.1, 0.15) is 11.6 Å². The van der Waals surface area contributed by atoms with Crippen molar-refractivity contribution < 1.29 is 9.13 Å². The first-order valence-electron chi connectivity index (χ1n) is 6.89. The summed E-state index contributed by atoms with van der Waals surface area (Å²) in [6, 6.07) is 4.62. The Hall–Kier alpha value is -2.08. The Morgan fingerprint density at radius 3 is 2.76 bits per heavy atom. The number of benzene rings is 1. The summed E-state index contributed by atoms with van der Waals surface area (Å²) in [5.74, 6) is 0.248. The van der Waals surface area contributed by atoms with Crippen molar-refractivity contribution in [1.82, 2.24) is 9.78 Å². The number of rotatable bonds is 6. The number of methoxy groups -OCH3 is 1. The third-order valence-corrected chi connectivity index (χ3v) is 3.29. The molecule has 0 fully saturated rings. The molecule has 0 bridgehead atoms. The quantitative estimate of drug-likeness (QED) is 0.859. The first-order chi connectivity index (χ1) is 10.0. The molecule has 0 saturated carbocycles. The Bertz CT molecular complexity index is 597. The van der Waals surface area contributed by atoms with E-state index in [4.69, 9.17) is 10.5 Å². The zero-order valence-electron chi connectivity index (χ0n) is 12.5. The van der Waals surface area contributed by atoms with Gasteiger partial charge in [-0.2, -0.15) is 5.10 Å². The molecule has 1 aromatic carbocycles. The lowest BCUT2D eigenvalue weighted by molar-refractivity contribution is 0.414. The Morgan fingerprint density at radius 2 is 2.19 bits per heavy atom. The van der Waals surface area contributed by atoms with Gasteiger partial charge in [0.25, 0.3) is 0 Å². The van der Waals surface area contributed by atoms with Crippen LogP contribution in [0.1, 0.15) is 31.5 Å². The highest BCUT2D eigenvalue weighted by molar-refractivity contribution is 5.51. The summed E-state index contributed by atoms with van der Waals surface area (Å²) in [7, 11) is 1.55. The van der Waals surface area contributed by atoms with E-state index in [0.29, 0.717) is 18.0 Å². The molecule has 0 aliphatic heterocycles. The fraction of sp³-hybridized carbons (Fsp3) is 0.400. The predicted octanol–water partition coefficient (Wildman–Crippen LogP) is 2.72. The number of nitrogens with zero attached hydrogens (tertiary/aromatic N) is 2. The number of hydrogen-bond donors (Lipinski definition) is 2. The molecule has 0 amide bonds. The smallest absolute Gasteiger partial charge is 0.146 e. The molecule has 0 aliphatic carbocycles. The Morgan fingerprint density at radius 1 is 1.43 bits per heavy atom. The van der Waals surface area contributed by atoms with Gasteiger partial charge in [0.05, 0.1) is 25.0 Å². The molecule has 0 radical (unpaired) electrons. The number of nitrogens with one attached hydrogen (secondary N) is 1. The zero-order valence-corrected chi connectivity index (χ0v) is 12.5. The van der Waals surface area contributed by atoms with Gasteiger partial charge < -0.3 is 15.8 Å². The summed E-state index contributed by atoms with van der Waals surface area (Å²) in [5.41, 5.74) is 7.09. The lowest BCUT2D eigenvalue weighted by Crippen LogP contribution is -2.20.